The number of aromatic hydroxyl groups is 1. The number of phenols is 1. The Kier molecular flexibility index (Phi) is 6.53. The maximum atomic E-state index is 12.5. The molecule has 0 unspecified atom stereocenters. The van der Waals surface area contributed by atoms with E-state index < -0.39 is 0 Å². The van der Waals surface area contributed by atoms with Crippen LogP contribution in [-0.4, -0.2) is 52.5 Å². The fourth-order valence-corrected chi connectivity index (χ4v) is 4.45. The number of aryl methyl sites for hydroxylation is 1. The number of likely N-dealkylation sites (tertiary alicyclic amines) is 1. The molecule has 31 heavy (non-hydrogen) atoms. The Morgan fingerprint density at radius 3 is 2.71 bits per heavy atom. The molecule has 1 heterocycles. The molecule has 1 saturated heterocycles. The van der Waals surface area contributed by atoms with Gasteiger partial charge in [0.2, 0.25) is 5.91 Å². The first kappa shape index (κ1) is 21.3. The number of Topliss-reactive ketones (excluding diaryl/α,β-unsaturated/α-hetero) is 1. The Bertz CT molecular complexity index is 967. The van der Waals surface area contributed by atoms with E-state index >= 15 is 0 Å². The fourth-order valence-electron chi connectivity index (χ4n) is 4.45. The lowest BCUT2D eigenvalue weighted by molar-refractivity contribution is -0.117. The van der Waals surface area contributed by atoms with E-state index in [4.69, 9.17) is 0 Å². The zero-order valence-electron chi connectivity index (χ0n) is 17.6. The molecule has 0 saturated carbocycles. The van der Waals surface area contributed by atoms with Gasteiger partial charge in [-0.25, -0.2) is 0 Å². The minimum atomic E-state index is -0.132. The molecule has 1 aliphatic heterocycles. The van der Waals surface area contributed by atoms with Crippen LogP contribution in [0.5, 0.6) is 5.75 Å². The van der Waals surface area contributed by atoms with E-state index in [-0.39, 0.29) is 30.1 Å². The number of hydrogen-bond acceptors (Lipinski definition) is 6. The van der Waals surface area contributed by atoms with Crippen molar-refractivity contribution in [3.8, 4) is 5.75 Å². The Morgan fingerprint density at radius 1 is 1.13 bits per heavy atom. The molecule has 0 radical (unpaired) electrons. The van der Waals surface area contributed by atoms with Crippen LogP contribution in [0.2, 0.25) is 0 Å². The van der Waals surface area contributed by atoms with E-state index in [2.05, 4.69) is 15.5 Å². The number of amides is 1. The van der Waals surface area contributed by atoms with Gasteiger partial charge in [-0.2, -0.15) is 0 Å². The van der Waals surface area contributed by atoms with Gasteiger partial charge >= 0.3 is 0 Å². The Hall–Kier alpha value is -2.90. The van der Waals surface area contributed by atoms with Gasteiger partial charge < -0.3 is 20.8 Å². The van der Waals surface area contributed by atoms with E-state index in [1.807, 2.05) is 12.1 Å². The number of rotatable bonds is 6. The predicted molar refractivity (Wildman–Crippen MR) is 119 cm³/mol. The zero-order chi connectivity index (χ0) is 21.8. The van der Waals surface area contributed by atoms with Crippen molar-refractivity contribution < 1.29 is 19.8 Å². The van der Waals surface area contributed by atoms with Crippen LogP contribution in [0.1, 0.15) is 47.2 Å². The molecular formula is C24H29N3O4. The van der Waals surface area contributed by atoms with Crippen molar-refractivity contribution >= 4 is 23.1 Å². The highest BCUT2D eigenvalue weighted by Crippen LogP contribution is 2.30. The van der Waals surface area contributed by atoms with Crippen LogP contribution in [-0.2, 0) is 17.8 Å². The van der Waals surface area contributed by atoms with E-state index in [0.29, 0.717) is 24.2 Å². The quantitative estimate of drug-likeness (QED) is 0.533. The van der Waals surface area contributed by atoms with Gasteiger partial charge in [0.05, 0.1) is 18.8 Å². The number of aliphatic hydroxyl groups excluding tert-OH is 1. The second-order valence-electron chi connectivity index (χ2n) is 8.36. The van der Waals surface area contributed by atoms with Gasteiger partial charge in [0, 0.05) is 42.4 Å². The average molecular weight is 424 g/mol. The summed E-state index contributed by atoms with van der Waals surface area (Å²) in [4.78, 5) is 26.6. The summed E-state index contributed by atoms with van der Waals surface area (Å²) in [6.07, 6.45) is 4.03. The number of nitrogens with one attached hydrogen (secondary N) is 2. The Labute approximate surface area is 182 Å². The number of fused-ring (bicyclic) bond motifs is 1. The van der Waals surface area contributed by atoms with Crippen LogP contribution in [0.3, 0.4) is 0 Å². The first-order chi connectivity index (χ1) is 15.0. The molecule has 2 aromatic rings. The molecule has 4 rings (SSSR count). The van der Waals surface area contributed by atoms with E-state index in [1.54, 1.807) is 24.3 Å². The highest BCUT2D eigenvalue weighted by molar-refractivity contribution is 5.99. The van der Waals surface area contributed by atoms with Crippen LogP contribution >= 0.6 is 0 Å². The number of piperidine rings is 1. The first-order valence-corrected chi connectivity index (χ1v) is 10.9. The van der Waals surface area contributed by atoms with Gasteiger partial charge in [0.25, 0.3) is 0 Å². The second kappa shape index (κ2) is 9.49. The summed E-state index contributed by atoms with van der Waals surface area (Å²) in [6.45, 7) is 1.73. The van der Waals surface area contributed by atoms with Gasteiger partial charge in [0.15, 0.2) is 5.78 Å². The summed E-state index contributed by atoms with van der Waals surface area (Å²) < 4.78 is 0. The standard InChI is InChI=1S/C24H29N3O4/c28-15-17-4-2-6-22(30)24(17)26-18-9-11-27(12-10-18)14-23(31)25-19-7-8-20-16(13-19)3-1-5-21(20)29/h2,4,6-8,13,18,26,28,30H,1,3,5,9-12,14-15H2,(H,25,31). The summed E-state index contributed by atoms with van der Waals surface area (Å²) in [5.74, 6) is 0.266. The van der Waals surface area contributed by atoms with Crippen molar-refractivity contribution in [2.24, 2.45) is 0 Å². The molecule has 0 spiro atoms. The largest absolute Gasteiger partial charge is 0.506 e. The summed E-state index contributed by atoms with van der Waals surface area (Å²) in [5, 5.41) is 25.9. The SMILES string of the molecule is O=C(CN1CCC(Nc2c(O)cccc2CO)CC1)Nc1ccc2c(c1)CCCC2=O. The Morgan fingerprint density at radius 2 is 1.94 bits per heavy atom. The number of nitrogens with zero attached hydrogens (tertiary/aromatic N) is 1. The lowest BCUT2D eigenvalue weighted by atomic mass is 9.90. The normalized spacial score (nSPS) is 17.3. The number of carbonyl (C=O) groups is 2. The molecule has 1 aliphatic carbocycles. The van der Waals surface area contributed by atoms with Crippen LogP contribution in [0.25, 0.3) is 0 Å². The monoisotopic (exact) mass is 423 g/mol. The zero-order valence-corrected chi connectivity index (χ0v) is 17.6. The minimum absolute atomic E-state index is 0.0586. The number of hydrogen-bond donors (Lipinski definition) is 4. The summed E-state index contributed by atoms with van der Waals surface area (Å²) in [6, 6.07) is 10.8. The van der Waals surface area contributed by atoms with Crippen LogP contribution in [0, 0.1) is 0 Å². The molecule has 2 aliphatic rings. The van der Waals surface area contributed by atoms with Crippen molar-refractivity contribution in [3.05, 3.63) is 53.1 Å². The lowest BCUT2D eigenvalue weighted by Crippen LogP contribution is -2.42. The van der Waals surface area contributed by atoms with E-state index in [1.165, 1.54) is 0 Å². The molecule has 7 nitrogen and oxygen atoms in total. The molecule has 0 atom stereocenters. The smallest absolute Gasteiger partial charge is 0.238 e. The third-order valence-electron chi connectivity index (χ3n) is 6.14. The van der Waals surface area contributed by atoms with Gasteiger partial charge in [-0.05, 0) is 55.5 Å². The van der Waals surface area contributed by atoms with Crippen molar-refractivity contribution in [1.29, 1.82) is 0 Å². The highest BCUT2D eigenvalue weighted by Gasteiger charge is 2.23. The van der Waals surface area contributed by atoms with Gasteiger partial charge in [-0.1, -0.05) is 12.1 Å². The lowest BCUT2D eigenvalue weighted by Gasteiger charge is -2.33. The maximum Gasteiger partial charge on any atom is 0.238 e. The number of ketones is 1. The van der Waals surface area contributed by atoms with Gasteiger partial charge in [-0.15, -0.1) is 0 Å². The molecular weight excluding hydrogens is 394 g/mol. The van der Waals surface area contributed by atoms with E-state index in [9.17, 15) is 19.8 Å². The van der Waals surface area contributed by atoms with E-state index in [0.717, 1.165) is 55.6 Å². The third-order valence-corrected chi connectivity index (χ3v) is 6.14. The molecule has 164 valence electrons. The number of phenolic OH excluding ortho intramolecular Hbond substituents is 1. The average Bonchev–Trinajstić information content (AvgIpc) is 2.76. The summed E-state index contributed by atoms with van der Waals surface area (Å²) in [5.41, 5.74) is 3.81. The topological polar surface area (TPSA) is 102 Å². The van der Waals surface area contributed by atoms with Crippen molar-refractivity contribution in [2.75, 3.05) is 30.3 Å². The summed E-state index contributed by atoms with van der Waals surface area (Å²) in [7, 11) is 0. The molecule has 1 amide bonds. The number of benzene rings is 2. The van der Waals surface area contributed by atoms with Crippen molar-refractivity contribution in [1.82, 2.24) is 4.90 Å². The predicted octanol–water partition coefficient (Wildman–Crippen LogP) is 2.92. The molecule has 4 N–H and O–H groups in total. The molecule has 0 aromatic heterocycles. The first-order valence-electron chi connectivity index (χ1n) is 10.9. The molecule has 7 heteroatoms. The third kappa shape index (κ3) is 5.06. The Balaban J connectivity index is 1.27. The van der Waals surface area contributed by atoms with Crippen LogP contribution < -0.4 is 10.6 Å². The van der Waals surface area contributed by atoms with Crippen molar-refractivity contribution in [2.45, 2.75) is 44.8 Å². The highest BCUT2D eigenvalue weighted by atomic mass is 16.3. The van der Waals surface area contributed by atoms with Gasteiger partial charge in [0.1, 0.15) is 5.75 Å². The van der Waals surface area contributed by atoms with Crippen LogP contribution in [0.4, 0.5) is 11.4 Å². The molecule has 0 bridgehead atoms. The number of carbonyl (C=O) groups excluding carboxylic acids is 2. The van der Waals surface area contributed by atoms with Crippen molar-refractivity contribution in [3.63, 3.8) is 0 Å². The summed E-state index contributed by atoms with van der Waals surface area (Å²) >= 11 is 0. The number of aliphatic hydroxyl groups is 1. The number of para-hydroxylation sites is 1. The maximum absolute atomic E-state index is 12.5. The molecule has 2 aromatic carbocycles. The number of anilines is 2. The van der Waals surface area contributed by atoms with Crippen LogP contribution in [0.15, 0.2) is 36.4 Å². The van der Waals surface area contributed by atoms with Gasteiger partial charge in [-0.3, -0.25) is 14.5 Å². The second-order valence-corrected chi connectivity index (χ2v) is 8.36. The fraction of sp³-hybridized carbons (Fsp3) is 0.417. The molecule has 1 fully saturated rings. The minimum Gasteiger partial charge on any atom is -0.506 e.